The average molecular weight is 181 g/mol. The zero-order valence-electron chi connectivity index (χ0n) is 8.89. The first kappa shape index (κ1) is 10.3. The summed E-state index contributed by atoms with van der Waals surface area (Å²) in [6, 6.07) is 0. The van der Waals surface area contributed by atoms with Crippen LogP contribution in [0.4, 0.5) is 0 Å². The summed E-state index contributed by atoms with van der Waals surface area (Å²) in [5.74, 6) is 0.264. The minimum Gasteiger partial charge on any atom is -0.342 e. The van der Waals surface area contributed by atoms with Gasteiger partial charge in [-0.3, -0.25) is 4.79 Å². The van der Waals surface area contributed by atoms with Crippen molar-refractivity contribution in [3.8, 4) is 0 Å². The molecule has 13 heavy (non-hydrogen) atoms. The molecule has 1 rings (SSSR count). The predicted octanol–water partition coefficient (Wildman–Crippen LogP) is 2.21. The number of hydrogen-bond donors (Lipinski definition) is 0. The monoisotopic (exact) mass is 181 g/mol. The van der Waals surface area contributed by atoms with Gasteiger partial charge in [-0.25, -0.2) is 0 Å². The lowest BCUT2D eigenvalue weighted by molar-refractivity contribution is -0.139. The molecule has 1 aliphatic rings. The maximum absolute atomic E-state index is 11.8. The molecule has 0 unspecified atom stereocenters. The predicted molar refractivity (Wildman–Crippen MR) is 54.4 cm³/mol. The van der Waals surface area contributed by atoms with Gasteiger partial charge in [0, 0.05) is 18.5 Å². The molecule has 0 aromatic carbocycles. The summed E-state index contributed by atoms with van der Waals surface area (Å²) in [5.41, 5.74) is 1.04. The van der Waals surface area contributed by atoms with Crippen molar-refractivity contribution in [2.75, 3.05) is 13.1 Å². The van der Waals surface area contributed by atoms with Crippen molar-refractivity contribution < 1.29 is 4.79 Å². The van der Waals surface area contributed by atoms with Gasteiger partial charge in [0.05, 0.1) is 0 Å². The van der Waals surface area contributed by atoms with Crippen LogP contribution in [0.5, 0.6) is 0 Å². The Morgan fingerprint density at radius 3 is 2.15 bits per heavy atom. The molecule has 0 radical (unpaired) electrons. The first-order chi connectivity index (χ1) is 5.91. The van der Waals surface area contributed by atoms with Gasteiger partial charge in [-0.05, 0) is 12.8 Å². The van der Waals surface area contributed by atoms with Gasteiger partial charge >= 0.3 is 0 Å². The fourth-order valence-corrected chi connectivity index (χ4v) is 1.50. The SMILES string of the molecule is C=C1CCN(C(=O)C(C)(C)C)CC1. The lowest BCUT2D eigenvalue weighted by Crippen LogP contribution is -2.42. The molecule has 0 saturated carbocycles. The second-order valence-corrected chi connectivity index (χ2v) is 4.79. The lowest BCUT2D eigenvalue weighted by Gasteiger charge is -2.33. The first-order valence-corrected chi connectivity index (χ1v) is 4.87. The number of nitrogens with zero attached hydrogens (tertiary/aromatic N) is 1. The molecule has 0 spiro atoms. The van der Waals surface area contributed by atoms with Gasteiger partial charge in [0.25, 0.3) is 0 Å². The normalized spacial score (nSPS) is 19.0. The molecular formula is C11H19NO. The van der Waals surface area contributed by atoms with Crippen molar-refractivity contribution in [2.24, 2.45) is 5.41 Å². The highest BCUT2D eigenvalue weighted by Crippen LogP contribution is 2.21. The van der Waals surface area contributed by atoms with E-state index in [1.165, 1.54) is 5.57 Å². The zero-order chi connectivity index (χ0) is 10.1. The van der Waals surface area contributed by atoms with E-state index in [9.17, 15) is 4.79 Å². The number of rotatable bonds is 0. The van der Waals surface area contributed by atoms with Crippen LogP contribution in [0.1, 0.15) is 33.6 Å². The fraction of sp³-hybridized carbons (Fsp3) is 0.727. The number of carbonyl (C=O) groups excluding carboxylic acids is 1. The number of carbonyl (C=O) groups is 1. The molecule has 74 valence electrons. The van der Waals surface area contributed by atoms with Crippen molar-refractivity contribution >= 4 is 5.91 Å². The summed E-state index contributed by atoms with van der Waals surface area (Å²) in [6.07, 6.45) is 1.95. The van der Waals surface area contributed by atoms with Crippen LogP contribution in [0.15, 0.2) is 12.2 Å². The number of piperidine rings is 1. The summed E-state index contributed by atoms with van der Waals surface area (Å²) in [6.45, 7) is 11.6. The molecule has 1 aliphatic heterocycles. The van der Waals surface area contributed by atoms with Gasteiger partial charge in [0.15, 0.2) is 0 Å². The maximum Gasteiger partial charge on any atom is 0.227 e. The molecule has 2 heteroatoms. The molecule has 1 saturated heterocycles. The molecule has 0 aliphatic carbocycles. The molecule has 0 atom stereocenters. The van der Waals surface area contributed by atoms with E-state index in [2.05, 4.69) is 6.58 Å². The van der Waals surface area contributed by atoms with Crippen molar-refractivity contribution in [3.63, 3.8) is 0 Å². The Labute approximate surface area is 80.6 Å². The van der Waals surface area contributed by atoms with Gasteiger partial charge in [0.2, 0.25) is 5.91 Å². The Morgan fingerprint density at radius 1 is 1.31 bits per heavy atom. The van der Waals surface area contributed by atoms with Gasteiger partial charge in [-0.2, -0.15) is 0 Å². The van der Waals surface area contributed by atoms with Crippen LogP contribution in [0.3, 0.4) is 0 Å². The summed E-state index contributed by atoms with van der Waals surface area (Å²) < 4.78 is 0. The van der Waals surface area contributed by atoms with Crippen LogP contribution >= 0.6 is 0 Å². The highest BCUT2D eigenvalue weighted by Gasteiger charge is 2.28. The van der Waals surface area contributed by atoms with Crippen LogP contribution in [0.25, 0.3) is 0 Å². The third-order valence-electron chi connectivity index (χ3n) is 2.40. The van der Waals surface area contributed by atoms with Crippen LogP contribution < -0.4 is 0 Å². The van der Waals surface area contributed by atoms with E-state index < -0.39 is 0 Å². The largest absolute Gasteiger partial charge is 0.342 e. The van der Waals surface area contributed by atoms with Gasteiger partial charge in [-0.1, -0.05) is 32.9 Å². The number of amides is 1. The zero-order valence-corrected chi connectivity index (χ0v) is 8.89. The van der Waals surface area contributed by atoms with Crippen molar-refractivity contribution in [1.29, 1.82) is 0 Å². The molecular weight excluding hydrogens is 162 g/mol. The van der Waals surface area contributed by atoms with E-state index in [-0.39, 0.29) is 11.3 Å². The van der Waals surface area contributed by atoms with E-state index in [1.54, 1.807) is 0 Å². The topological polar surface area (TPSA) is 20.3 Å². The highest BCUT2D eigenvalue weighted by molar-refractivity contribution is 5.81. The van der Waals surface area contributed by atoms with Gasteiger partial charge in [0.1, 0.15) is 0 Å². The first-order valence-electron chi connectivity index (χ1n) is 4.87. The fourth-order valence-electron chi connectivity index (χ4n) is 1.50. The minimum absolute atomic E-state index is 0.237. The summed E-state index contributed by atoms with van der Waals surface area (Å²) in [5, 5.41) is 0. The Kier molecular flexibility index (Phi) is 2.79. The Bertz CT molecular complexity index is 215. The third-order valence-corrected chi connectivity index (χ3v) is 2.40. The molecule has 0 N–H and O–H groups in total. The second kappa shape index (κ2) is 3.52. The van der Waals surface area contributed by atoms with Gasteiger partial charge in [-0.15, -0.1) is 0 Å². The van der Waals surface area contributed by atoms with Crippen molar-refractivity contribution in [1.82, 2.24) is 4.90 Å². The highest BCUT2D eigenvalue weighted by atomic mass is 16.2. The van der Waals surface area contributed by atoms with E-state index in [0.717, 1.165) is 25.9 Å². The number of hydrogen-bond acceptors (Lipinski definition) is 1. The maximum atomic E-state index is 11.8. The van der Waals surface area contributed by atoms with Gasteiger partial charge < -0.3 is 4.90 Å². The second-order valence-electron chi connectivity index (χ2n) is 4.79. The standard InChI is InChI=1S/C11H19NO/c1-9-5-7-12(8-6-9)10(13)11(2,3)4/h1,5-8H2,2-4H3. The quantitative estimate of drug-likeness (QED) is 0.525. The molecule has 0 aromatic rings. The summed E-state index contributed by atoms with van der Waals surface area (Å²) in [4.78, 5) is 13.8. The van der Waals surface area contributed by atoms with Crippen molar-refractivity contribution in [3.05, 3.63) is 12.2 Å². The molecule has 1 amide bonds. The smallest absolute Gasteiger partial charge is 0.227 e. The molecule has 2 nitrogen and oxygen atoms in total. The van der Waals surface area contributed by atoms with E-state index in [0.29, 0.717) is 0 Å². The number of likely N-dealkylation sites (tertiary alicyclic amines) is 1. The van der Waals surface area contributed by atoms with E-state index >= 15 is 0 Å². The van der Waals surface area contributed by atoms with Crippen LogP contribution in [0, 0.1) is 5.41 Å². The van der Waals surface area contributed by atoms with Crippen molar-refractivity contribution in [2.45, 2.75) is 33.6 Å². The molecule has 1 fully saturated rings. The van der Waals surface area contributed by atoms with E-state index in [1.807, 2.05) is 25.7 Å². The average Bonchev–Trinajstić information content (AvgIpc) is 2.03. The van der Waals surface area contributed by atoms with Crippen LogP contribution in [-0.2, 0) is 4.79 Å². The minimum atomic E-state index is -0.237. The summed E-state index contributed by atoms with van der Waals surface area (Å²) in [7, 11) is 0. The van der Waals surface area contributed by atoms with Crippen LogP contribution in [-0.4, -0.2) is 23.9 Å². The Balaban J connectivity index is 2.55. The molecule has 1 heterocycles. The lowest BCUT2D eigenvalue weighted by atomic mass is 9.93. The summed E-state index contributed by atoms with van der Waals surface area (Å²) >= 11 is 0. The Hall–Kier alpha value is -0.790. The van der Waals surface area contributed by atoms with E-state index in [4.69, 9.17) is 0 Å². The molecule has 0 bridgehead atoms. The molecule has 0 aromatic heterocycles. The van der Waals surface area contributed by atoms with Crippen LogP contribution in [0.2, 0.25) is 0 Å². The third kappa shape index (κ3) is 2.58. The Morgan fingerprint density at radius 2 is 1.77 bits per heavy atom.